The van der Waals surface area contributed by atoms with Crippen LogP contribution in [0, 0.1) is 5.82 Å². The number of carbonyl (C=O) groups excluding carboxylic acids is 2. The highest BCUT2D eigenvalue weighted by Crippen LogP contribution is 2.27. The molecule has 20 heavy (non-hydrogen) atoms. The molecule has 4 nitrogen and oxygen atoms in total. The number of halogens is 1. The highest BCUT2D eigenvalue weighted by Gasteiger charge is 2.25. The summed E-state index contributed by atoms with van der Waals surface area (Å²) < 4.78 is 13.3. The van der Waals surface area contributed by atoms with Gasteiger partial charge in [0, 0.05) is 6.04 Å². The number of anilines is 1. The van der Waals surface area contributed by atoms with Gasteiger partial charge in [0.15, 0.2) is 5.78 Å². The highest BCUT2D eigenvalue weighted by molar-refractivity contribution is 7.99. The van der Waals surface area contributed by atoms with Gasteiger partial charge in [-0.2, -0.15) is 11.8 Å². The van der Waals surface area contributed by atoms with Crippen LogP contribution in [0.25, 0.3) is 0 Å². The smallest absolute Gasteiger partial charge is 0.163 e. The lowest BCUT2D eigenvalue weighted by Gasteiger charge is -2.34. The Hall–Kier alpha value is -1.43. The number of thioether (sulfide) groups is 1. The molecular formula is C14H17FN2O2S. The molecule has 1 fully saturated rings. The predicted octanol–water partition coefficient (Wildman–Crippen LogP) is 2.32. The van der Waals surface area contributed by atoms with Crippen LogP contribution < -0.4 is 4.90 Å². The zero-order valence-corrected chi connectivity index (χ0v) is 12.2. The zero-order chi connectivity index (χ0) is 14.5. The van der Waals surface area contributed by atoms with Gasteiger partial charge in [0.2, 0.25) is 0 Å². The number of ketones is 1. The number of aldehydes is 1. The minimum absolute atomic E-state index is 0.175. The van der Waals surface area contributed by atoms with Crippen molar-refractivity contribution >= 4 is 29.6 Å². The molecule has 0 bridgehead atoms. The molecule has 0 radical (unpaired) electrons. The first-order chi connectivity index (χ1) is 9.63. The average molecular weight is 296 g/mol. The largest absolute Gasteiger partial charge is 0.346 e. The minimum atomic E-state index is -0.538. The van der Waals surface area contributed by atoms with Crippen LogP contribution in [0.1, 0.15) is 30.1 Å². The zero-order valence-electron chi connectivity index (χ0n) is 11.3. The molecule has 108 valence electrons. The second-order valence-corrected chi connectivity index (χ2v) is 5.97. The van der Waals surface area contributed by atoms with Gasteiger partial charge in [0.05, 0.1) is 18.3 Å². The van der Waals surface area contributed by atoms with E-state index in [9.17, 15) is 14.0 Å². The standard InChI is InChI=1S/C14H17FN2O2S/c1-10(19)13-8-11(15)9-16-14(13)17(4-5-18)12-2-6-20-7-3-12/h5,8-9,12H,2-4,6-7H2,1H3. The second kappa shape index (κ2) is 6.83. The van der Waals surface area contributed by atoms with E-state index in [4.69, 9.17) is 0 Å². The van der Waals surface area contributed by atoms with E-state index < -0.39 is 5.82 Å². The molecule has 0 spiro atoms. The number of hydrogen-bond acceptors (Lipinski definition) is 5. The Morgan fingerprint density at radius 3 is 2.85 bits per heavy atom. The fourth-order valence-corrected chi connectivity index (χ4v) is 3.49. The normalized spacial score (nSPS) is 15.9. The SMILES string of the molecule is CC(=O)c1cc(F)cnc1N(CC=O)C1CCSCC1. The minimum Gasteiger partial charge on any atom is -0.346 e. The van der Waals surface area contributed by atoms with Crippen LogP contribution in [0.3, 0.4) is 0 Å². The number of pyridine rings is 1. The van der Waals surface area contributed by atoms with Crippen LogP contribution >= 0.6 is 11.8 Å². The monoisotopic (exact) mass is 296 g/mol. The van der Waals surface area contributed by atoms with Crippen molar-refractivity contribution in [3.63, 3.8) is 0 Å². The molecule has 0 N–H and O–H groups in total. The van der Waals surface area contributed by atoms with E-state index in [1.807, 2.05) is 16.7 Å². The first-order valence-electron chi connectivity index (χ1n) is 6.58. The van der Waals surface area contributed by atoms with Crippen LogP contribution in [0.15, 0.2) is 12.3 Å². The quantitative estimate of drug-likeness (QED) is 0.616. The Kier molecular flexibility index (Phi) is 5.11. The highest BCUT2D eigenvalue weighted by atomic mass is 32.2. The Morgan fingerprint density at radius 2 is 2.25 bits per heavy atom. The Labute approximate surface area is 121 Å². The number of nitrogens with zero attached hydrogens (tertiary/aromatic N) is 2. The topological polar surface area (TPSA) is 50.3 Å². The summed E-state index contributed by atoms with van der Waals surface area (Å²) in [6.45, 7) is 1.56. The van der Waals surface area contributed by atoms with E-state index >= 15 is 0 Å². The molecule has 1 saturated heterocycles. The second-order valence-electron chi connectivity index (χ2n) is 4.74. The number of Topliss-reactive ketones (excluding diaryl/α,β-unsaturated/α-hetero) is 1. The molecule has 6 heteroatoms. The number of rotatable bonds is 5. The van der Waals surface area contributed by atoms with Gasteiger partial charge in [0.25, 0.3) is 0 Å². The van der Waals surface area contributed by atoms with Gasteiger partial charge in [-0.25, -0.2) is 9.37 Å². The van der Waals surface area contributed by atoms with Crippen molar-refractivity contribution in [3.05, 3.63) is 23.6 Å². The Morgan fingerprint density at radius 1 is 1.55 bits per heavy atom. The van der Waals surface area contributed by atoms with Gasteiger partial charge in [-0.05, 0) is 37.3 Å². The molecule has 0 saturated carbocycles. The van der Waals surface area contributed by atoms with Crippen molar-refractivity contribution in [2.24, 2.45) is 0 Å². The number of hydrogen-bond donors (Lipinski definition) is 0. The molecule has 0 atom stereocenters. The lowest BCUT2D eigenvalue weighted by molar-refractivity contribution is -0.106. The number of aromatic nitrogens is 1. The van der Waals surface area contributed by atoms with Crippen molar-refractivity contribution in [1.29, 1.82) is 0 Å². The molecule has 0 aliphatic carbocycles. The van der Waals surface area contributed by atoms with E-state index in [0.717, 1.165) is 36.8 Å². The molecule has 2 heterocycles. The summed E-state index contributed by atoms with van der Waals surface area (Å²) in [5.74, 6) is 1.69. The number of carbonyl (C=O) groups is 2. The maximum Gasteiger partial charge on any atom is 0.163 e. The summed E-state index contributed by atoms with van der Waals surface area (Å²) in [7, 11) is 0. The van der Waals surface area contributed by atoms with Crippen LogP contribution in [-0.4, -0.2) is 41.1 Å². The van der Waals surface area contributed by atoms with Gasteiger partial charge in [-0.1, -0.05) is 0 Å². The van der Waals surface area contributed by atoms with Gasteiger partial charge in [-0.15, -0.1) is 0 Å². The predicted molar refractivity (Wildman–Crippen MR) is 78.0 cm³/mol. The van der Waals surface area contributed by atoms with Crippen LogP contribution in [-0.2, 0) is 4.79 Å². The summed E-state index contributed by atoms with van der Waals surface area (Å²) in [5, 5.41) is 0. The van der Waals surface area contributed by atoms with Crippen LogP contribution in [0.4, 0.5) is 10.2 Å². The lowest BCUT2D eigenvalue weighted by Crippen LogP contribution is -2.40. The first kappa shape index (κ1) is 15.0. The van der Waals surface area contributed by atoms with Crippen LogP contribution in [0.5, 0.6) is 0 Å². The lowest BCUT2D eigenvalue weighted by atomic mass is 10.1. The van der Waals surface area contributed by atoms with E-state index in [1.54, 1.807) is 0 Å². The molecule has 1 aromatic heterocycles. The molecule has 0 amide bonds. The van der Waals surface area contributed by atoms with E-state index in [-0.39, 0.29) is 23.9 Å². The molecule has 1 aliphatic rings. The summed E-state index contributed by atoms with van der Waals surface area (Å²) >= 11 is 1.88. The third-order valence-corrected chi connectivity index (χ3v) is 4.44. The fraction of sp³-hybridized carbons (Fsp3) is 0.500. The average Bonchev–Trinajstić information content (AvgIpc) is 2.46. The van der Waals surface area contributed by atoms with Crippen LogP contribution in [0.2, 0.25) is 0 Å². The van der Waals surface area contributed by atoms with E-state index in [2.05, 4.69) is 4.98 Å². The molecular weight excluding hydrogens is 279 g/mol. The molecule has 1 aromatic rings. The molecule has 2 rings (SSSR count). The molecule has 0 unspecified atom stereocenters. The third kappa shape index (κ3) is 3.36. The maximum atomic E-state index is 13.3. The van der Waals surface area contributed by atoms with Crippen molar-refractivity contribution in [2.75, 3.05) is 23.0 Å². The van der Waals surface area contributed by atoms with Gasteiger partial charge >= 0.3 is 0 Å². The maximum absolute atomic E-state index is 13.3. The van der Waals surface area contributed by atoms with Gasteiger partial charge in [-0.3, -0.25) is 4.79 Å². The summed E-state index contributed by atoms with van der Waals surface area (Å²) in [6, 6.07) is 1.37. The summed E-state index contributed by atoms with van der Waals surface area (Å²) in [4.78, 5) is 28.5. The first-order valence-corrected chi connectivity index (χ1v) is 7.73. The Bertz CT molecular complexity index is 504. The van der Waals surface area contributed by atoms with Crippen molar-refractivity contribution < 1.29 is 14.0 Å². The third-order valence-electron chi connectivity index (χ3n) is 3.39. The Balaban J connectivity index is 2.37. The molecule has 0 aromatic carbocycles. The summed E-state index contributed by atoms with van der Waals surface area (Å²) in [6.07, 6.45) is 3.78. The van der Waals surface area contributed by atoms with E-state index in [1.165, 1.54) is 13.0 Å². The summed E-state index contributed by atoms with van der Waals surface area (Å²) in [5.41, 5.74) is 0.241. The van der Waals surface area contributed by atoms with Crippen molar-refractivity contribution in [3.8, 4) is 0 Å². The fourth-order valence-electron chi connectivity index (χ4n) is 2.41. The van der Waals surface area contributed by atoms with E-state index in [0.29, 0.717) is 5.82 Å². The van der Waals surface area contributed by atoms with Gasteiger partial charge < -0.3 is 9.69 Å². The van der Waals surface area contributed by atoms with Crippen molar-refractivity contribution in [1.82, 2.24) is 4.98 Å². The van der Waals surface area contributed by atoms with Crippen molar-refractivity contribution in [2.45, 2.75) is 25.8 Å². The van der Waals surface area contributed by atoms with Gasteiger partial charge in [0.1, 0.15) is 17.9 Å². The molecule has 1 aliphatic heterocycles.